The van der Waals surface area contributed by atoms with Crippen LogP contribution in [0.3, 0.4) is 0 Å². The standard InChI is InChI=1S/C21H33N3O5S/c1-5-16-6-8-18(9-7-16)30(27,28)24-14-11-17(12-15-24)23-19(25)10-13-22-20(26)29-21(2,3)4/h6-9,17H,5,10-15H2,1-4H3,(H,22,26)(H,23,25). The maximum Gasteiger partial charge on any atom is 0.407 e. The fourth-order valence-electron chi connectivity index (χ4n) is 3.18. The van der Waals surface area contributed by atoms with Crippen LogP contribution in [0.25, 0.3) is 0 Å². The molecule has 1 fully saturated rings. The second-order valence-electron chi connectivity index (χ2n) is 8.42. The molecule has 168 valence electrons. The predicted molar refractivity (Wildman–Crippen MR) is 115 cm³/mol. The average molecular weight is 440 g/mol. The number of amides is 2. The van der Waals surface area contributed by atoms with E-state index >= 15 is 0 Å². The smallest absolute Gasteiger partial charge is 0.407 e. The molecule has 0 aromatic heterocycles. The van der Waals surface area contributed by atoms with Gasteiger partial charge in [0.05, 0.1) is 4.90 Å². The summed E-state index contributed by atoms with van der Waals surface area (Å²) >= 11 is 0. The quantitative estimate of drug-likeness (QED) is 0.679. The number of hydrogen-bond donors (Lipinski definition) is 2. The lowest BCUT2D eigenvalue weighted by Crippen LogP contribution is -2.47. The number of piperidine rings is 1. The fraction of sp³-hybridized carbons (Fsp3) is 0.619. The van der Waals surface area contributed by atoms with Gasteiger partial charge in [-0.2, -0.15) is 4.31 Å². The molecule has 1 heterocycles. The first-order chi connectivity index (χ1) is 14.0. The summed E-state index contributed by atoms with van der Waals surface area (Å²) in [5.41, 5.74) is 0.509. The van der Waals surface area contributed by atoms with Crippen LogP contribution in [0.4, 0.5) is 4.79 Å². The van der Waals surface area contributed by atoms with Gasteiger partial charge in [0.25, 0.3) is 0 Å². The lowest BCUT2D eigenvalue weighted by Gasteiger charge is -2.31. The minimum Gasteiger partial charge on any atom is -0.444 e. The molecule has 2 amide bonds. The van der Waals surface area contributed by atoms with Crippen LogP contribution < -0.4 is 10.6 Å². The monoisotopic (exact) mass is 439 g/mol. The zero-order chi connectivity index (χ0) is 22.4. The third kappa shape index (κ3) is 7.28. The number of nitrogens with one attached hydrogen (secondary N) is 2. The molecule has 2 rings (SSSR count). The Morgan fingerprint density at radius 3 is 2.27 bits per heavy atom. The van der Waals surface area contributed by atoms with Crippen molar-refractivity contribution in [2.75, 3.05) is 19.6 Å². The summed E-state index contributed by atoms with van der Waals surface area (Å²) < 4.78 is 32.2. The molecule has 0 radical (unpaired) electrons. The summed E-state index contributed by atoms with van der Waals surface area (Å²) in [5.74, 6) is -0.178. The first-order valence-corrected chi connectivity index (χ1v) is 11.8. The van der Waals surface area contributed by atoms with Crippen LogP contribution in [0, 0.1) is 0 Å². The van der Waals surface area contributed by atoms with E-state index in [2.05, 4.69) is 10.6 Å². The van der Waals surface area contributed by atoms with Gasteiger partial charge in [0.2, 0.25) is 15.9 Å². The lowest BCUT2D eigenvalue weighted by molar-refractivity contribution is -0.121. The molecule has 30 heavy (non-hydrogen) atoms. The second-order valence-corrected chi connectivity index (χ2v) is 10.4. The molecule has 1 saturated heterocycles. The topological polar surface area (TPSA) is 105 Å². The molecule has 1 aliphatic heterocycles. The van der Waals surface area contributed by atoms with Gasteiger partial charge in [-0.05, 0) is 57.7 Å². The average Bonchev–Trinajstić information content (AvgIpc) is 2.67. The summed E-state index contributed by atoms with van der Waals surface area (Å²) in [7, 11) is -3.52. The van der Waals surface area contributed by atoms with Gasteiger partial charge in [0, 0.05) is 32.1 Å². The van der Waals surface area contributed by atoms with Gasteiger partial charge in [-0.15, -0.1) is 0 Å². The SMILES string of the molecule is CCc1ccc(S(=O)(=O)N2CCC(NC(=O)CCNC(=O)OC(C)(C)C)CC2)cc1. The Bertz CT molecular complexity index is 823. The minimum atomic E-state index is -3.52. The van der Waals surface area contributed by atoms with Gasteiger partial charge in [0.15, 0.2) is 0 Å². The Balaban J connectivity index is 1.75. The van der Waals surface area contributed by atoms with Crippen molar-refractivity contribution in [3.05, 3.63) is 29.8 Å². The highest BCUT2D eigenvalue weighted by Crippen LogP contribution is 2.21. The molecule has 1 aromatic carbocycles. The van der Waals surface area contributed by atoms with E-state index in [1.54, 1.807) is 32.9 Å². The van der Waals surface area contributed by atoms with Crippen molar-refractivity contribution in [1.82, 2.24) is 14.9 Å². The second kappa shape index (κ2) is 10.3. The zero-order valence-electron chi connectivity index (χ0n) is 18.2. The zero-order valence-corrected chi connectivity index (χ0v) is 19.0. The number of ether oxygens (including phenoxy) is 1. The molecule has 0 unspecified atom stereocenters. The fourth-order valence-corrected chi connectivity index (χ4v) is 4.65. The van der Waals surface area contributed by atoms with Gasteiger partial charge >= 0.3 is 6.09 Å². The highest BCUT2D eigenvalue weighted by Gasteiger charge is 2.29. The van der Waals surface area contributed by atoms with Crippen LogP contribution in [0.1, 0.15) is 52.5 Å². The molecule has 9 heteroatoms. The summed E-state index contributed by atoms with van der Waals surface area (Å²) in [6, 6.07) is 6.91. The van der Waals surface area contributed by atoms with E-state index in [1.165, 1.54) is 4.31 Å². The molecule has 0 saturated carbocycles. The first kappa shape index (κ1) is 24.1. The van der Waals surface area contributed by atoms with Crippen molar-refractivity contribution in [3.63, 3.8) is 0 Å². The van der Waals surface area contributed by atoms with Crippen LogP contribution in [0.2, 0.25) is 0 Å². The summed E-state index contributed by atoms with van der Waals surface area (Å²) in [5, 5.41) is 5.47. The number of benzene rings is 1. The summed E-state index contributed by atoms with van der Waals surface area (Å²) in [4.78, 5) is 24.0. The van der Waals surface area contributed by atoms with Gasteiger partial charge in [-0.1, -0.05) is 19.1 Å². The van der Waals surface area contributed by atoms with Crippen LogP contribution in [0.5, 0.6) is 0 Å². The predicted octanol–water partition coefficient (Wildman–Crippen LogP) is 2.43. The van der Waals surface area contributed by atoms with Crippen LogP contribution in [0.15, 0.2) is 29.2 Å². The Morgan fingerprint density at radius 2 is 1.73 bits per heavy atom. The third-order valence-corrected chi connectivity index (χ3v) is 6.72. The molecule has 0 aliphatic carbocycles. The van der Waals surface area contributed by atoms with E-state index in [1.807, 2.05) is 19.1 Å². The van der Waals surface area contributed by atoms with Crippen molar-refractivity contribution >= 4 is 22.0 Å². The Labute approximate surface area is 179 Å². The Morgan fingerprint density at radius 1 is 1.13 bits per heavy atom. The van der Waals surface area contributed by atoms with Crippen molar-refractivity contribution < 1.29 is 22.7 Å². The first-order valence-electron chi connectivity index (χ1n) is 10.4. The van der Waals surface area contributed by atoms with Crippen LogP contribution in [-0.4, -0.2) is 56.0 Å². The van der Waals surface area contributed by atoms with Crippen LogP contribution in [-0.2, 0) is 26.0 Å². The number of nitrogens with zero attached hydrogens (tertiary/aromatic N) is 1. The number of alkyl carbamates (subject to hydrolysis) is 1. The Hall–Kier alpha value is -2.13. The van der Waals surface area contributed by atoms with Crippen molar-refractivity contribution in [2.24, 2.45) is 0 Å². The minimum absolute atomic E-state index is 0.0760. The van der Waals surface area contributed by atoms with Gasteiger partial charge in [0.1, 0.15) is 5.60 Å². The molecule has 1 aromatic rings. The number of aryl methyl sites for hydroxylation is 1. The van der Waals surface area contributed by atoms with Gasteiger partial charge in [-0.3, -0.25) is 4.79 Å². The maximum atomic E-state index is 12.8. The summed E-state index contributed by atoms with van der Waals surface area (Å²) in [6.45, 7) is 8.24. The number of rotatable bonds is 7. The van der Waals surface area contributed by atoms with Crippen LogP contribution >= 0.6 is 0 Å². The number of carbonyl (C=O) groups is 2. The molecule has 0 bridgehead atoms. The molecule has 2 N–H and O–H groups in total. The third-order valence-electron chi connectivity index (χ3n) is 4.81. The van der Waals surface area contributed by atoms with E-state index < -0.39 is 21.7 Å². The molecular formula is C21H33N3O5S. The van der Waals surface area contributed by atoms with E-state index in [4.69, 9.17) is 4.74 Å². The highest BCUT2D eigenvalue weighted by atomic mass is 32.2. The van der Waals surface area contributed by atoms with Gasteiger partial charge < -0.3 is 15.4 Å². The number of hydrogen-bond acceptors (Lipinski definition) is 5. The Kier molecular flexibility index (Phi) is 8.25. The molecule has 0 spiro atoms. The molecule has 0 atom stereocenters. The summed E-state index contributed by atoms with van der Waals surface area (Å²) in [6.07, 6.45) is 1.55. The van der Waals surface area contributed by atoms with E-state index in [9.17, 15) is 18.0 Å². The lowest BCUT2D eigenvalue weighted by atomic mass is 10.1. The van der Waals surface area contributed by atoms with Crippen molar-refractivity contribution in [1.29, 1.82) is 0 Å². The molecule has 8 nitrogen and oxygen atoms in total. The van der Waals surface area contributed by atoms with E-state index in [0.717, 1.165) is 12.0 Å². The van der Waals surface area contributed by atoms with Crippen molar-refractivity contribution in [3.8, 4) is 0 Å². The van der Waals surface area contributed by atoms with Gasteiger partial charge in [-0.25, -0.2) is 13.2 Å². The molecular weight excluding hydrogens is 406 g/mol. The normalized spacial score (nSPS) is 16.1. The van der Waals surface area contributed by atoms with E-state index in [-0.39, 0.29) is 24.9 Å². The van der Waals surface area contributed by atoms with E-state index in [0.29, 0.717) is 30.8 Å². The van der Waals surface area contributed by atoms with Crippen molar-refractivity contribution in [2.45, 2.75) is 69.9 Å². The number of sulfonamides is 1. The number of carbonyl (C=O) groups excluding carboxylic acids is 2. The largest absolute Gasteiger partial charge is 0.444 e. The highest BCUT2D eigenvalue weighted by molar-refractivity contribution is 7.89. The molecule has 1 aliphatic rings. The maximum absolute atomic E-state index is 12.8.